The summed E-state index contributed by atoms with van der Waals surface area (Å²) in [5.41, 5.74) is 1.72. The number of piperidine rings is 1. The average molecular weight is 435 g/mol. The van der Waals surface area contributed by atoms with Crippen LogP contribution in [0.5, 0.6) is 0 Å². The van der Waals surface area contributed by atoms with Gasteiger partial charge in [0, 0.05) is 31.6 Å². The molecule has 0 saturated carbocycles. The molecule has 8 nitrogen and oxygen atoms in total. The number of aromatic nitrogens is 2. The van der Waals surface area contributed by atoms with E-state index in [0.29, 0.717) is 43.5 Å². The summed E-state index contributed by atoms with van der Waals surface area (Å²) in [5, 5.41) is 11.1. The minimum Gasteiger partial charge on any atom is -0.347 e. The number of nitrogens with zero attached hydrogens (tertiary/aromatic N) is 3. The number of para-hydroxylation sites is 1. The van der Waals surface area contributed by atoms with Crippen LogP contribution in [0.1, 0.15) is 28.2 Å². The second kappa shape index (κ2) is 8.78. The first-order chi connectivity index (χ1) is 14.0. The van der Waals surface area contributed by atoms with Crippen LogP contribution >= 0.6 is 23.1 Å². The highest BCUT2D eigenvalue weighted by molar-refractivity contribution is 8.01. The predicted molar refractivity (Wildman–Crippen MR) is 110 cm³/mol. The standard InChI is InChI=1S/C19H22N4O4S2/c1-13-4-2-3-5-14(13)20-16(25)17-21-22-18(29-17)28-12-15(24)23-8-6-19(7-9-23)26-10-11-27-19/h2-5H,6-12H2,1H3,(H,20,25). The summed E-state index contributed by atoms with van der Waals surface area (Å²) in [6.07, 6.45) is 1.40. The molecule has 2 saturated heterocycles. The van der Waals surface area contributed by atoms with E-state index in [0.717, 1.165) is 11.3 Å². The molecule has 4 rings (SSSR count). The Balaban J connectivity index is 1.26. The number of aryl methyl sites for hydroxylation is 1. The zero-order valence-electron chi connectivity index (χ0n) is 16.1. The molecule has 2 aliphatic heterocycles. The molecule has 1 N–H and O–H groups in total. The van der Waals surface area contributed by atoms with Crippen molar-refractivity contribution in [3.63, 3.8) is 0 Å². The highest BCUT2D eigenvalue weighted by Gasteiger charge is 2.40. The lowest BCUT2D eigenvalue weighted by molar-refractivity contribution is -0.186. The van der Waals surface area contributed by atoms with Crippen molar-refractivity contribution < 1.29 is 19.1 Å². The molecule has 3 heterocycles. The Labute approximate surface area is 177 Å². The van der Waals surface area contributed by atoms with Crippen LogP contribution in [-0.2, 0) is 14.3 Å². The molecule has 2 fully saturated rings. The lowest BCUT2D eigenvalue weighted by Crippen LogP contribution is -2.47. The van der Waals surface area contributed by atoms with Crippen LogP contribution in [0.25, 0.3) is 0 Å². The van der Waals surface area contributed by atoms with E-state index < -0.39 is 5.79 Å². The molecule has 0 atom stereocenters. The lowest BCUT2D eigenvalue weighted by Gasteiger charge is -2.37. The lowest BCUT2D eigenvalue weighted by atomic mass is 10.0. The molecule has 154 valence electrons. The highest BCUT2D eigenvalue weighted by Crippen LogP contribution is 2.32. The van der Waals surface area contributed by atoms with Gasteiger partial charge in [0.05, 0.1) is 19.0 Å². The maximum Gasteiger partial charge on any atom is 0.286 e. The molecule has 2 aliphatic rings. The van der Waals surface area contributed by atoms with Gasteiger partial charge in [-0.25, -0.2) is 0 Å². The van der Waals surface area contributed by atoms with Crippen LogP contribution < -0.4 is 5.32 Å². The third kappa shape index (κ3) is 4.77. The van der Waals surface area contributed by atoms with Gasteiger partial charge in [-0.3, -0.25) is 9.59 Å². The summed E-state index contributed by atoms with van der Waals surface area (Å²) in [6.45, 7) is 4.43. The third-order valence-corrected chi connectivity index (χ3v) is 7.04. The van der Waals surface area contributed by atoms with Gasteiger partial charge < -0.3 is 19.7 Å². The maximum atomic E-state index is 12.5. The smallest absolute Gasteiger partial charge is 0.286 e. The highest BCUT2D eigenvalue weighted by atomic mass is 32.2. The van der Waals surface area contributed by atoms with Crippen molar-refractivity contribution in [2.45, 2.75) is 29.9 Å². The summed E-state index contributed by atoms with van der Waals surface area (Å²) >= 11 is 2.49. The summed E-state index contributed by atoms with van der Waals surface area (Å²) in [5.74, 6) is -0.470. The number of hydrogen-bond donors (Lipinski definition) is 1. The molecule has 0 bridgehead atoms. The number of thioether (sulfide) groups is 1. The van der Waals surface area contributed by atoms with Gasteiger partial charge in [-0.15, -0.1) is 10.2 Å². The Morgan fingerprint density at radius 2 is 1.93 bits per heavy atom. The second-order valence-corrected chi connectivity index (χ2v) is 9.12. The van der Waals surface area contributed by atoms with Crippen molar-refractivity contribution >= 4 is 40.6 Å². The van der Waals surface area contributed by atoms with Crippen LogP contribution in [0.4, 0.5) is 5.69 Å². The number of anilines is 1. The fourth-order valence-electron chi connectivity index (χ4n) is 3.35. The van der Waals surface area contributed by atoms with Crippen LogP contribution in [0.15, 0.2) is 28.6 Å². The fraction of sp³-hybridized carbons (Fsp3) is 0.474. The monoisotopic (exact) mass is 434 g/mol. The zero-order chi connectivity index (χ0) is 20.3. The van der Waals surface area contributed by atoms with Gasteiger partial charge in [-0.05, 0) is 18.6 Å². The van der Waals surface area contributed by atoms with Crippen molar-refractivity contribution in [2.75, 3.05) is 37.4 Å². The van der Waals surface area contributed by atoms with E-state index in [1.165, 1.54) is 23.1 Å². The van der Waals surface area contributed by atoms with Gasteiger partial charge in [-0.2, -0.15) is 0 Å². The third-order valence-electron chi connectivity index (χ3n) is 5.00. The summed E-state index contributed by atoms with van der Waals surface area (Å²) in [6, 6.07) is 7.55. The van der Waals surface area contributed by atoms with Gasteiger partial charge in [0.25, 0.3) is 5.91 Å². The van der Waals surface area contributed by atoms with Gasteiger partial charge in [0.1, 0.15) is 0 Å². The van der Waals surface area contributed by atoms with Crippen LogP contribution in [0, 0.1) is 6.92 Å². The quantitative estimate of drug-likeness (QED) is 0.723. The maximum absolute atomic E-state index is 12.5. The number of amides is 2. The number of hydrogen-bond acceptors (Lipinski definition) is 8. The Bertz CT molecular complexity index is 888. The Morgan fingerprint density at radius 1 is 1.21 bits per heavy atom. The molecule has 0 aliphatic carbocycles. The number of nitrogens with one attached hydrogen (secondary N) is 1. The first-order valence-corrected chi connectivity index (χ1v) is 11.2. The van der Waals surface area contributed by atoms with Gasteiger partial charge in [-0.1, -0.05) is 41.3 Å². The number of carbonyl (C=O) groups is 2. The molecule has 0 radical (unpaired) electrons. The Kier molecular flexibility index (Phi) is 6.14. The largest absolute Gasteiger partial charge is 0.347 e. The molecule has 0 unspecified atom stereocenters. The summed E-state index contributed by atoms with van der Waals surface area (Å²) in [7, 11) is 0. The predicted octanol–water partition coefficient (Wildman–Crippen LogP) is 2.56. The normalized spacial score (nSPS) is 18.2. The van der Waals surface area contributed by atoms with Crippen LogP contribution in [0.2, 0.25) is 0 Å². The van der Waals surface area contributed by atoms with Crippen molar-refractivity contribution in [3.05, 3.63) is 34.8 Å². The molecule has 29 heavy (non-hydrogen) atoms. The first-order valence-electron chi connectivity index (χ1n) is 9.44. The molecular weight excluding hydrogens is 412 g/mol. The average Bonchev–Trinajstić information content (AvgIpc) is 3.38. The molecule has 1 spiro atoms. The topological polar surface area (TPSA) is 93.7 Å². The van der Waals surface area contributed by atoms with Crippen molar-refractivity contribution in [1.29, 1.82) is 0 Å². The first kappa shape index (κ1) is 20.3. The number of rotatable bonds is 5. The van der Waals surface area contributed by atoms with Crippen molar-refractivity contribution in [1.82, 2.24) is 15.1 Å². The zero-order valence-corrected chi connectivity index (χ0v) is 17.7. The Hall–Kier alpha value is -2.01. The Morgan fingerprint density at radius 3 is 2.66 bits per heavy atom. The second-order valence-electron chi connectivity index (χ2n) is 6.92. The van der Waals surface area contributed by atoms with E-state index in [9.17, 15) is 9.59 Å². The number of benzene rings is 1. The van der Waals surface area contributed by atoms with Gasteiger partial charge >= 0.3 is 0 Å². The number of ether oxygens (including phenoxy) is 2. The molecule has 10 heteroatoms. The van der Waals surface area contributed by atoms with Crippen LogP contribution in [0.3, 0.4) is 0 Å². The number of likely N-dealkylation sites (tertiary alicyclic amines) is 1. The van der Waals surface area contributed by atoms with Gasteiger partial charge in [0.2, 0.25) is 10.9 Å². The van der Waals surface area contributed by atoms with Gasteiger partial charge in [0.15, 0.2) is 10.1 Å². The van der Waals surface area contributed by atoms with E-state index >= 15 is 0 Å². The van der Waals surface area contributed by atoms with Crippen molar-refractivity contribution in [2.24, 2.45) is 0 Å². The minimum absolute atomic E-state index is 0.0453. The van der Waals surface area contributed by atoms with Crippen LogP contribution in [-0.4, -0.2) is 64.8 Å². The molecule has 2 aromatic rings. The van der Waals surface area contributed by atoms with Crippen molar-refractivity contribution in [3.8, 4) is 0 Å². The summed E-state index contributed by atoms with van der Waals surface area (Å²) in [4.78, 5) is 26.7. The fourth-order valence-corrected chi connectivity index (χ4v) is 5.00. The molecular formula is C19H22N4O4S2. The molecule has 2 amide bonds. The SMILES string of the molecule is Cc1ccccc1NC(=O)c1nnc(SCC(=O)N2CCC3(CC2)OCCO3)s1. The number of carbonyl (C=O) groups excluding carboxylic acids is 2. The molecule has 1 aromatic carbocycles. The van der Waals surface area contributed by atoms with E-state index in [4.69, 9.17) is 9.47 Å². The van der Waals surface area contributed by atoms with E-state index in [-0.39, 0.29) is 22.6 Å². The summed E-state index contributed by atoms with van der Waals surface area (Å²) < 4.78 is 12.0. The van der Waals surface area contributed by atoms with E-state index in [2.05, 4.69) is 15.5 Å². The minimum atomic E-state index is -0.484. The molecule has 1 aromatic heterocycles. The van der Waals surface area contributed by atoms with E-state index in [1.54, 1.807) is 0 Å². The van der Waals surface area contributed by atoms with E-state index in [1.807, 2.05) is 36.1 Å².